The summed E-state index contributed by atoms with van der Waals surface area (Å²) in [7, 11) is 0. The SMILES string of the molecule is C[C@@H]1CCCC(C)(C)[C@]1(O)/C=C/C=C\C(=O)O. The second kappa shape index (κ2) is 5.05. The lowest BCUT2D eigenvalue weighted by molar-refractivity contribution is -0.131. The van der Waals surface area contributed by atoms with Crippen molar-refractivity contribution in [2.24, 2.45) is 11.3 Å². The van der Waals surface area contributed by atoms with Crippen LogP contribution in [0.5, 0.6) is 0 Å². The highest BCUT2D eigenvalue weighted by molar-refractivity contribution is 5.80. The second-order valence-electron chi connectivity index (χ2n) is 5.56. The fourth-order valence-corrected chi connectivity index (χ4v) is 2.67. The molecular formula is C14H22O3. The molecule has 0 aromatic carbocycles. The Hall–Kier alpha value is -1.09. The summed E-state index contributed by atoms with van der Waals surface area (Å²) >= 11 is 0. The highest BCUT2D eigenvalue weighted by atomic mass is 16.4. The van der Waals surface area contributed by atoms with Gasteiger partial charge in [-0.1, -0.05) is 45.4 Å². The summed E-state index contributed by atoms with van der Waals surface area (Å²) in [6.45, 7) is 6.17. The third-order valence-corrected chi connectivity index (χ3v) is 3.97. The van der Waals surface area contributed by atoms with Gasteiger partial charge in [0, 0.05) is 6.08 Å². The van der Waals surface area contributed by atoms with E-state index in [1.165, 1.54) is 6.08 Å². The van der Waals surface area contributed by atoms with Crippen LogP contribution in [0.4, 0.5) is 0 Å². The monoisotopic (exact) mass is 238 g/mol. The molecule has 0 amide bonds. The Kier molecular flexibility index (Phi) is 4.15. The summed E-state index contributed by atoms with van der Waals surface area (Å²) in [6, 6.07) is 0. The number of aliphatic hydroxyl groups is 1. The highest BCUT2D eigenvalue weighted by Gasteiger charge is 2.47. The van der Waals surface area contributed by atoms with Gasteiger partial charge in [0.05, 0.1) is 5.60 Å². The Bertz CT molecular complexity index is 341. The smallest absolute Gasteiger partial charge is 0.328 e. The summed E-state index contributed by atoms with van der Waals surface area (Å²) in [5.74, 6) is -0.779. The van der Waals surface area contributed by atoms with Crippen molar-refractivity contribution in [1.82, 2.24) is 0 Å². The Labute approximate surface area is 103 Å². The van der Waals surface area contributed by atoms with Gasteiger partial charge in [0.2, 0.25) is 0 Å². The first-order chi connectivity index (χ1) is 7.79. The van der Waals surface area contributed by atoms with E-state index in [2.05, 4.69) is 13.8 Å². The molecule has 17 heavy (non-hydrogen) atoms. The Morgan fingerprint density at radius 3 is 2.53 bits per heavy atom. The van der Waals surface area contributed by atoms with Gasteiger partial charge in [-0.05, 0) is 24.2 Å². The minimum atomic E-state index is -0.974. The lowest BCUT2D eigenvalue weighted by Gasteiger charge is -2.49. The van der Waals surface area contributed by atoms with Crippen molar-refractivity contribution in [3.63, 3.8) is 0 Å². The molecule has 1 saturated carbocycles. The first-order valence-corrected chi connectivity index (χ1v) is 6.11. The van der Waals surface area contributed by atoms with E-state index in [-0.39, 0.29) is 11.3 Å². The molecule has 0 aromatic rings. The Morgan fingerprint density at radius 2 is 2.00 bits per heavy atom. The maximum absolute atomic E-state index is 10.8. The molecule has 1 fully saturated rings. The Balaban J connectivity index is 2.86. The number of carboxylic acids is 1. The first kappa shape index (κ1) is 14.0. The zero-order valence-corrected chi connectivity index (χ0v) is 10.8. The van der Waals surface area contributed by atoms with Crippen LogP contribution in [0.25, 0.3) is 0 Å². The van der Waals surface area contributed by atoms with Crippen molar-refractivity contribution in [2.75, 3.05) is 0 Å². The second-order valence-corrected chi connectivity index (χ2v) is 5.56. The zero-order valence-electron chi connectivity index (χ0n) is 10.8. The minimum absolute atomic E-state index is 0.168. The number of aliphatic carboxylic acids is 1. The number of rotatable bonds is 3. The van der Waals surface area contributed by atoms with Crippen molar-refractivity contribution in [3.05, 3.63) is 24.3 Å². The molecule has 2 atom stereocenters. The fourth-order valence-electron chi connectivity index (χ4n) is 2.67. The topological polar surface area (TPSA) is 57.5 Å². The van der Waals surface area contributed by atoms with Crippen LogP contribution in [-0.4, -0.2) is 21.8 Å². The normalized spacial score (nSPS) is 33.3. The third kappa shape index (κ3) is 2.97. The van der Waals surface area contributed by atoms with E-state index in [0.717, 1.165) is 25.3 Å². The fraction of sp³-hybridized carbons (Fsp3) is 0.643. The summed E-state index contributed by atoms with van der Waals surface area (Å²) in [5.41, 5.74) is -1.02. The summed E-state index contributed by atoms with van der Waals surface area (Å²) < 4.78 is 0. The largest absolute Gasteiger partial charge is 0.478 e. The van der Waals surface area contributed by atoms with E-state index in [1.54, 1.807) is 12.2 Å². The van der Waals surface area contributed by atoms with E-state index in [1.807, 2.05) is 6.92 Å². The molecule has 0 saturated heterocycles. The van der Waals surface area contributed by atoms with Crippen molar-refractivity contribution in [3.8, 4) is 0 Å². The molecule has 0 aromatic heterocycles. The van der Waals surface area contributed by atoms with Crippen molar-refractivity contribution in [2.45, 2.75) is 45.6 Å². The van der Waals surface area contributed by atoms with E-state index in [9.17, 15) is 9.90 Å². The lowest BCUT2D eigenvalue weighted by Crippen LogP contribution is -2.50. The van der Waals surface area contributed by atoms with Crippen LogP contribution in [0, 0.1) is 11.3 Å². The first-order valence-electron chi connectivity index (χ1n) is 6.11. The molecule has 96 valence electrons. The summed E-state index contributed by atoms with van der Waals surface area (Å²) in [5, 5.41) is 19.3. The molecule has 1 aliphatic carbocycles. The van der Waals surface area contributed by atoms with Crippen LogP contribution < -0.4 is 0 Å². The zero-order chi connectivity index (χ0) is 13.1. The molecule has 3 heteroatoms. The van der Waals surface area contributed by atoms with Gasteiger partial charge < -0.3 is 10.2 Å². The molecule has 0 bridgehead atoms. The predicted octanol–water partition coefficient (Wildman–Crippen LogP) is 2.76. The Morgan fingerprint density at radius 1 is 1.35 bits per heavy atom. The number of carbonyl (C=O) groups is 1. The van der Waals surface area contributed by atoms with Gasteiger partial charge in [0.15, 0.2) is 0 Å². The molecule has 0 radical (unpaired) electrons. The molecule has 3 nitrogen and oxygen atoms in total. The van der Waals surface area contributed by atoms with E-state index in [4.69, 9.17) is 5.11 Å². The van der Waals surface area contributed by atoms with Gasteiger partial charge in [-0.3, -0.25) is 0 Å². The van der Waals surface area contributed by atoms with Crippen LogP contribution in [-0.2, 0) is 4.79 Å². The van der Waals surface area contributed by atoms with E-state index >= 15 is 0 Å². The third-order valence-electron chi connectivity index (χ3n) is 3.97. The lowest BCUT2D eigenvalue weighted by atomic mass is 9.60. The molecule has 0 unspecified atom stereocenters. The molecule has 2 N–H and O–H groups in total. The maximum atomic E-state index is 10.8. The molecule has 1 rings (SSSR count). The van der Waals surface area contributed by atoms with Gasteiger partial charge in [-0.15, -0.1) is 0 Å². The van der Waals surface area contributed by atoms with Gasteiger partial charge in [0.25, 0.3) is 0 Å². The van der Waals surface area contributed by atoms with Gasteiger partial charge in [-0.2, -0.15) is 0 Å². The number of hydrogen-bond acceptors (Lipinski definition) is 2. The van der Waals surface area contributed by atoms with Crippen molar-refractivity contribution >= 4 is 5.97 Å². The van der Waals surface area contributed by atoms with Crippen LogP contribution in [0.3, 0.4) is 0 Å². The highest BCUT2D eigenvalue weighted by Crippen LogP contribution is 2.47. The van der Waals surface area contributed by atoms with E-state index in [0.29, 0.717) is 0 Å². The van der Waals surface area contributed by atoms with Gasteiger partial charge in [0.1, 0.15) is 0 Å². The van der Waals surface area contributed by atoms with Crippen LogP contribution in [0.2, 0.25) is 0 Å². The molecule has 1 aliphatic rings. The van der Waals surface area contributed by atoms with Crippen molar-refractivity contribution in [1.29, 1.82) is 0 Å². The maximum Gasteiger partial charge on any atom is 0.328 e. The molecule has 0 aliphatic heterocycles. The number of hydrogen-bond donors (Lipinski definition) is 2. The summed E-state index contributed by atoms with van der Waals surface area (Å²) in [4.78, 5) is 10.3. The van der Waals surface area contributed by atoms with Crippen LogP contribution in [0.1, 0.15) is 40.0 Å². The average molecular weight is 238 g/mol. The van der Waals surface area contributed by atoms with Gasteiger partial charge >= 0.3 is 5.97 Å². The van der Waals surface area contributed by atoms with Gasteiger partial charge in [-0.25, -0.2) is 4.79 Å². The van der Waals surface area contributed by atoms with Crippen LogP contribution in [0.15, 0.2) is 24.3 Å². The standard InChI is InChI=1S/C14H22O3/c1-11-7-6-9-13(2,3)14(11,17)10-5-4-8-12(15)16/h4-5,8,10-11,17H,6-7,9H2,1-3H3,(H,15,16)/b8-4-,10-5+/t11-,14+/m1/s1. The quantitative estimate of drug-likeness (QED) is 0.587. The molecule has 0 heterocycles. The average Bonchev–Trinajstić information content (AvgIpc) is 2.21. The van der Waals surface area contributed by atoms with Crippen LogP contribution >= 0.6 is 0 Å². The number of carboxylic acid groups (broad SMARTS) is 1. The minimum Gasteiger partial charge on any atom is -0.478 e. The van der Waals surface area contributed by atoms with E-state index < -0.39 is 11.6 Å². The molecule has 0 spiro atoms. The number of allylic oxidation sites excluding steroid dienone is 2. The van der Waals surface area contributed by atoms with Crippen molar-refractivity contribution < 1.29 is 15.0 Å². The molecular weight excluding hydrogens is 216 g/mol. The summed E-state index contributed by atoms with van der Waals surface area (Å²) in [6.07, 6.45) is 9.04. The predicted molar refractivity (Wildman–Crippen MR) is 67.7 cm³/mol.